The summed E-state index contributed by atoms with van der Waals surface area (Å²) in [5, 5.41) is 3.46. The number of carbonyl (C=O) groups excluding carboxylic acids is 1. The Morgan fingerprint density at radius 1 is 1.27 bits per heavy atom. The van der Waals surface area contributed by atoms with E-state index in [1.807, 2.05) is 19.1 Å². The van der Waals surface area contributed by atoms with Gasteiger partial charge in [-0.15, -0.1) is 0 Å². The minimum atomic E-state index is -0.471. The Balaban J connectivity index is 1.90. The molecule has 0 aliphatic carbocycles. The Hall–Kier alpha value is -2.69. The average Bonchev–Trinajstić information content (AvgIpc) is 2.87. The van der Waals surface area contributed by atoms with Crippen LogP contribution in [0.1, 0.15) is 34.6 Å². The molecular formula is C17H15FN2O2. The standard InChI is InChI=1S/C17H15FN2O2/c1-10-13-4-3-5-14(18)16(13)22-15(10)17(21)20-11(2)12-6-8-19-9-7-12/h3-9,11H,1-2H3,(H,20,21)/t11-/m1/s1. The summed E-state index contributed by atoms with van der Waals surface area (Å²) in [5.74, 6) is -0.694. The molecular weight excluding hydrogens is 283 g/mol. The summed E-state index contributed by atoms with van der Waals surface area (Å²) in [6, 6.07) is 8.11. The van der Waals surface area contributed by atoms with Gasteiger partial charge in [0.05, 0.1) is 6.04 Å². The summed E-state index contributed by atoms with van der Waals surface area (Å²) in [6.07, 6.45) is 3.33. The van der Waals surface area contributed by atoms with E-state index >= 15 is 0 Å². The molecule has 0 saturated carbocycles. The van der Waals surface area contributed by atoms with Crippen molar-refractivity contribution in [3.63, 3.8) is 0 Å². The fourth-order valence-electron chi connectivity index (χ4n) is 2.42. The van der Waals surface area contributed by atoms with E-state index in [0.717, 1.165) is 5.56 Å². The van der Waals surface area contributed by atoms with Crippen LogP contribution < -0.4 is 5.32 Å². The largest absolute Gasteiger partial charge is 0.448 e. The molecule has 0 spiro atoms. The molecule has 1 N–H and O–H groups in total. The second-order valence-corrected chi connectivity index (χ2v) is 5.15. The Morgan fingerprint density at radius 2 is 2.00 bits per heavy atom. The van der Waals surface area contributed by atoms with E-state index in [-0.39, 0.29) is 23.3 Å². The maximum atomic E-state index is 13.7. The van der Waals surface area contributed by atoms with Crippen LogP contribution in [0.15, 0.2) is 47.1 Å². The predicted octanol–water partition coefficient (Wildman–Crippen LogP) is 3.77. The lowest BCUT2D eigenvalue weighted by molar-refractivity contribution is 0.0913. The highest BCUT2D eigenvalue weighted by Crippen LogP contribution is 2.27. The molecule has 4 nitrogen and oxygen atoms in total. The van der Waals surface area contributed by atoms with Crippen molar-refractivity contribution in [2.24, 2.45) is 0 Å². The number of hydrogen-bond donors (Lipinski definition) is 1. The van der Waals surface area contributed by atoms with E-state index in [4.69, 9.17) is 4.42 Å². The summed E-state index contributed by atoms with van der Waals surface area (Å²) in [4.78, 5) is 16.3. The van der Waals surface area contributed by atoms with Gasteiger partial charge in [-0.05, 0) is 37.6 Å². The van der Waals surface area contributed by atoms with E-state index in [1.165, 1.54) is 6.07 Å². The third-order valence-electron chi connectivity index (χ3n) is 3.68. The molecule has 22 heavy (non-hydrogen) atoms. The number of nitrogens with zero attached hydrogens (tertiary/aromatic N) is 1. The van der Waals surface area contributed by atoms with Crippen LogP contribution in [-0.2, 0) is 0 Å². The van der Waals surface area contributed by atoms with Crippen molar-refractivity contribution in [2.75, 3.05) is 0 Å². The molecule has 1 atom stereocenters. The van der Waals surface area contributed by atoms with Crippen molar-refractivity contribution >= 4 is 16.9 Å². The lowest BCUT2D eigenvalue weighted by Gasteiger charge is -2.13. The topological polar surface area (TPSA) is 55.1 Å². The van der Waals surface area contributed by atoms with E-state index in [9.17, 15) is 9.18 Å². The minimum absolute atomic E-state index is 0.113. The van der Waals surface area contributed by atoms with Crippen molar-refractivity contribution in [3.05, 3.63) is 65.4 Å². The second kappa shape index (κ2) is 5.60. The highest BCUT2D eigenvalue weighted by molar-refractivity contribution is 5.99. The third-order valence-corrected chi connectivity index (χ3v) is 3.68. The van der Waals surface area contributed by atoms with Crippen molar-refractivity contribution in [1.82, 2.24) is 10.3 Å². The van der Waals surface area contributed by atoms with Gasteiger partial charge in [0.15, 0.2) is 17.2 Å². The molecule has 0 radical (unpaired) electrons. The van der Waals surface area contributed by atoms with Crippen molar-refractivity contribution in [3.8, 4) is 0 Å². The maximum Gasteiger partial charge on any atom is 0.287 e. The lowest BCUT2D eigenvalue weighted by Crippen LogP contribution is -2.26. The monoisotopic (exact) mass is 298 g/mol. The predicted molar refractivity (Wildman–Crippen MR) is 81.0 cm³/mol. The van der Waals surface area contributed by atoms with Gasteiger partial charge in [0.1, 0.15) is 0 Å². The molecule has 5 heteroatoms. The second-order valence-electron chi connectivity index (χ2n) is 5.15. The molecule has 2 aromatic heterocycles. The normalized spacial score (nSPS) is 12.3. The molecule has 0 aliphatic heterocycles. The van der Waals surface area contributed by atoms with Gasteiger partial charge >= 0.3 is 0 Å². The van der Waals surface area contributed by atoms with Gasteiger partial charge in [-0.1, -0.05) is 12.1 Å². The zero-order chi connectivity index (χ0) is 15.7. The number of nitrogens with one attached hydrogen (secondary N) is 1. The van der Waals surface area contributed by atoms with Crippen LogP contribution in [0.5, 0.6) is 0 Å². The number of fused-ring (bicyclic) bond motifs is 1. The Morgan fingerprint density at radius 3 is 2.68 bits per heavy atom. The molecule has 3 aromatic rings. The van der Waals surface area contributed by atoms with Crippen molar-refractivity contribution in [1.29, 1.82) is 0 Å². The first-order valence-corrected chi connectivity index (χ1v) is 6.96. The van der Waals surface area contributed by atoms with Crippen LogP contribution >= 0.6 is 0 Å². The summed E-state index contributed by atoms with van der Waals surface area (Å²) in [6.45, 7) is 3.61. The fraction of sp³-hybridized carbons (Fsp3) is 0.176. The molecule has 0 bridgehead atoms. The van der Waals surface area contributed by atoms with Gasteiger partial charge < -0.3 is 9.73 Å². The number of aromatic nitrogens is 1. The molecule has 0 unspecified atom stereocenters. The first-order chi connectivity index (χ1) is 10.6. The number of benzene rings is 1. The van der Waals surface area contributed by atoms with Crippen LogP contribution in [0.4, 0.5) is 4.39 Å². The highest BCUT2D eigenvalue weighted by Gasteiger charge is 2.21. The summed E-state index contributed by atoms with van der Waals surface area (Å²) in [5.41, 5.74) is 1.68. The third kappa shape index (κ3) is 2.45. The SMILES string of the molecule is Cc1c(C(=O)N[C@H](C)c2ccncc2)oc2c(F)cccc12. The molecule has 3 rings (SSSR count). The number of carbonyl (C=O) groups is 1. The van der Waals surface area contributed by atoms with Crippen LogP contribution in [0, 0.1) is 12.7 Å². The number of amides is 1. The number of halogens is 1. The number of pyridine rings is 1. The van der Waals surface area contributed by atoms with Gasteiger partial charge in [-0.25, -0.2) is 4.39 Å². The van der Waals surface area contributed by atoms with E-state index in [0.29, 0.717) is 10.9 Å². The van der Waals surface area contributed by atoms with E-state index in [1.54, 1.807) is 31.5 Å². The van der Waals surface area contributed by atoms with Gasteiger partial charge in [0.25, 0.3) is 5.91 Å². The minimum Gasteiger partial charge on any atom is -0.448 e. The number of rotatable bonds is 3. The first-order valence-electron chi connectivity index (χ1n) is 6.96. The zero-order valence-electron chi connectivity index (χ0n) is 12.3. The van der Waals surface area contributed by atoms with Crippen molar-refractivity contribution in [2.45, 2.75) is 19.9 Å². The Labute approximate surface area is 127 Å². The van der Waals surface area contributed by atoms with Gasteiger partial charge in [0.2, 0.25) is 0 Å². The molecule has 0 aliphatic rings. The highest BCUT2D eigenvalue weighted by atomic mass is 19.1. The number of para-hydroxylation sites is 1. The van der Waals surface area contributed by atoms with E-state index < -0.39 is 5.82 Å². The Bertz CT molecular complexity index is 827. The van der Waals surface area contributed by atoms with Crippen molar-refractivity contribution < 1.29 is 13.6 Å². The molecule has 1 aromatic carbocycles. The molecule has 2 heterocycles. The summed E-state index contributed by atoms with van der Waals surface area (Å²) in [7, 11) is 0. The van der Waals surface area contributed by atoms with Crippen LogP contribution in [-0.4, -0.2) is 10.9 Å². The smallest absolute Gasteiger partial charge is 0.287 e. The zero-order valence-corrected chi connectivity index (χ0v) is 12.3. The average molecular weight is 298 g/mol. The van der Waals surface area contributed by atoms with E-state index in [2.05, 4.69) is 10.3 Å². The quantitative estimate of drug-likeness (QED) is 0.801. The van der Waals surface area contributed by atoms with Gasteiger partial charge in [-0.3, -0.25) is 9.78 Å². The lowest BCUT2D eigenvalue weighted by atomic mass is 10.1. The van der Waals surface area contributed by atoms with Crippen LogP contribution in [0.3, 0.4) is 0 Å². The maximum absolute atomic E-state index is 13.7. The molecule has 1 amide bonds. The fourth-order valence-corrected chi connectivity index (χ4v) is 2.42. The molecule has 0 saturated heterocycles. The number of furan rings is 1. The van der Waals surface area contributed by atoms with Gasteiger partial charge in [-0.2, -0.15) is 0 Å². The summed E-state index contributed by atoms with van der Waals surface area (Å²) < 4.78 is 19.2. The first kappa shape index (κ1) is 14.3. The van der Waals surface area contributed by atoms with Gasteiger partial charge in [0, 0.05) is 23.3 Å². The Kier molecular flexibility index (Phi) is 3.63. The van der Waals surface area contributed by atoms with Crippen LogP contribution in [0.2, 0.25) is 0 Å². The summed E-state index contributed by atoms with van der Waals surface area (Å²) >= 11 is 0. The number of hydrogen-bond acceptors (Lipinski definition) is 3. The molecule has 0 fully saturated rings. The number of aryl methyl sites for hydroxylation is 1. The van der Waals surface area contributed by atoms with Crippen LogP contribution in [0.25, 0.3) is 11.0 Å². The molecule has 112 valence electrons.